The van der Waals surface area contributed by atoms with E-state index in [1.54, 1.807) is 0 Å². The molecular formula is C10H8O3. The molecule has 3 rings (SSSR count). The van der Waals surface area contributed by atoms with Crippen molar-refractivity contribution < 1.29 is 14.3 Å². The summed E-state index contributed by atoms with van der Waals surface area (Å²) in [4.78, 5) is 11.6. The fourth-order valence-corrected chi connectivity index (χ4v) is 1.95. The molecule has 0 aromatic heterocycles. The van der Waals surface area contributed by atoms with Crippen LogP contribution in [0.15, 0.2) is 24.3 Å². The molecule has 66 valence electrons. The lowest BCUT2D eigenvalue weighted by atomic mass is 10.1. The van der Waals surface area contributed by atoms with Crippen LogP contribution in [-0.2, 0) is 14.3 Å². The van der Waals surface area contributed by atoms with Crippen LogP contribution in [0.4, 0.5) is 0 Å². The lowest BCUT2D eigenvalue weighted by Crippen LogP contribution is -2.24. The standard InChI is InChI=1S/C10H8O3/c11-8-9-6-3-1-2-4-7(6)10(8)13-5-12-9/h1-4,9-10H,5H2. The number of benzene rings is 1. The smallest absolute Gasteiger partial charge is 0.199 e. The highest BCUT2D eigenvalue weighted by molar-refractivity contribution is 5.94. The molecule has 3 heteroatoms. The number of hydrogen-bond acceptors (Lipinski definition) is 3. The summed E-state index contributed by atoms with van der Waals surface area (Å²) in [5.41, 5.74) is 1.94. The van der Waals surface area contributed by atoms with E-state index in [9.17, 15) is 4.79 Å². The predicted octanol–water partition coefficient (Wildman–Crippen LogP) is 1.36. The zero-order valence-corrected chi connectivity index (χ0v) is 6.90. The van der Waals surface area contributed by atoms with Crippen molar-refractivity contribution in [1.29, 1.82) is 0 Å². The lowest BCUT2D eigenvalue weighted by molar-refractivity contribution is -0.181. The number of carbonyl (C=O) groups is 1. The highest BCUT2D eigenvalue weighted by atomic mass is 16.7. The van der Waals surface area contributed by atoms with Gasteiger partial charge in [-0.3, -0.25) is 4.79 Å². The van der Waals surface area contributed by atoms with Gasteiger partial charge >= 0.3 is 0 Å². The molecule has 1 aromatic rings. The molecule has 0 spiro atoms. The fourth-order valence-electron chi connectivity index (χ4n) is 1.95. The Morgan fingerprint density at radius 3 is 2.15 bits per heavy atom. The Morgan fingerprint density at radius 1 is 1.08 bits per heavy atom. The third-order valence-electron chi connectivity index (χ3n) is 2.55. The van der Waals surface area contributed by atoms with Crippen LogP contribution in [0.3, 0.4) is 0 Å². The van der Waals surface area contributed by atoms with Gasteiger partial charge in [-0.05, 0) is 11.1 Å². The van der Waals surface area contributed by atoms with Crippen molar-refractivity contribution in [2.75, 3.05) is 6.79 Å². The van der Waals surface area contributed by atoms with Gasteiger partial charge in [0.25, 0.3) is 0 Å². The van der Waals surface area contributed by atoms with Gasteiger partial charge in [0.1, 0.15) is 19.0 Å². The summed E-state index contributed by atoms with van der Waals surface area (Å²) in [7, 11) is 0. The molecule has 1 heterocycles. The largest absolute Gasteiger partial charge is 0.339 e. The van der Waals surface area contributed by atoms with Gasteiger partial charge < -0.3 is 9.47 Å². The summed E-state index contributed by atoms with van der Waals surface area (Å²) in [5.74, 6) is 0.0347. The van der Waals surface area contributed by atoms with E-state index in [0.29, 0.717) is 0 Å². The van der Waals surface area contributed by atoms with Crippen molar-refractivity contribution in [3.8, 4) is 0 Å². The highest BCUT2D eigenvalue weighted by Gasteiger charge is 2.43. The van der Waals surface area contributed by atoms with Crippen molar-refractivity contribution in [2.45, 2.75) is 12.2 Å². The second-order valence-electron chi connectivity index (χ2n) is 3.24. The van der Waals surface area contributed by atoms with Crippen molar-refractivity contribution in [1.82, 2.24) is 0 Å². The third kappa shape index (κ3) is 0.829. The Hall–Kier alpha value is -1.19. The van der Waals surface area contributed by atoms with Crippen molar-refractivity contribution in [3.63, 3.8) is 0 Å². The van der Waals surface area contributed by atoms with Crippen molar-refractivity contribution in [3.05, 3.63) is 35.4 Å². The molecule has 3 nitrogen and oxygen atoms in total. The average Bonchev–Trinajstić information content (AvgIpc) is 2.36. The van der Waals surface area contributed by atoms with E-state index in [0.717, 1.165) is 11.1 Å². The lowest BCUT2D eigenvalue weighted by Gasteiger charge is -2.18. The van der Waals surface area contributed by atoms with Gasteiger partial charge in [-0.2, -0.15) is 0 Å². The Kier molecular flexibility index (Phi) is 1.34. The molecule has 0 radical (unpaired) electrons. The van der Waals surface area contributed by atoms with E-state index < -0.39 is 0 Å². The molecule has 1 aliphatic heterocycles. The Bertz CT molecular complexity index is 339. The molecule has 1 fully saturated rings. The molecule has 2 atom stereocenters. The summed E-state index contributed by atoms with van der Waals surface area (Å²) >= 11 is 0. The first kappa shape index (κ1) is 7.24. The van der Waals surface area contributed by atoms with Crippen LogP contribution in [0, 0.1) is 0 Å². The maximum Gasteiger partial charge on any atom is 0.199 e. The molecule has 0 N–H and O–H groups in total. The van der Waals surface area contributed by atoms with E-state index in [4.69, 9.17) is 9.47 Å². The van der Waals surface area contributed by atoms with Crippen LogP contribution in [-0.4, -0.2) is 12.6 Å². The normalized spacial score (nSPS) is 30.3. The van der Waals surface area contributed by atoms with E-state index in [-0.39, 0.29) is 24.8 Å². The molecule has 2 aliphatic rings. The number of ketones is 1. The third-order valence-corrected chi connectivity index (χ3v) is 2.55. The van der Waals surface area contributed by atoms with Gasteiger partial charge in [0.2, 0.25) is 0 Å². The Balaban J connectivity index is 2.22. The van der Waals surface area contributed by atoms with Crippen LogP contribution < -0.4 is 0 Å². The van der Waals surface area contributed by atoms with Crippen LogP contribution >= 0.6 is 0 Å². The highest BCUT2D eigenvalue weighted by Crippen LogP contribution is 2.42. The van der Waals surface area contributed by atoms with Crippen molar-refractivity contribution >= 4 is 5.78 Å². The van der Waals surface area contributed by atoms with E-state index in [2.05, 4.69) is 0 Å². The second kappa shape index (κ2) is 2.40. The molecule has 2 unspecified atom stereocenters. The Morgan fingerprint density at radius 2 is 1.62 bits per heavy atom. The number of rotatable bonds is 0. The first-order valence-electron chi connectivity index (χ1n) is 4.23. The van der Waals surface area contributed by atoms with Crippen molar-refractivity contribution in [2.24, 2.45) is 0 Å². The summed E-state index contributed by atoms with van der Waals surface area (Å²) in [6.07, 6.45) is -0.759. The topological polar surface area (TPSA) is 35.5 Å². The number of fused-ring (bicyclic) bond motifs is 5. The second-order valence-corrected chi connectivity index (χ2v) is 3.24. The van der Waals surface area contributed by atoms with Crippen LogP contribution in [0.1, 0.15) is 23.3 Å². The van der Waals surface area contributed by atoms with Gasteiger partial charge in [-0.25, -0.2) is 0 Å². The fraction of sp³-hybridized carbons (Fsp3) is 0.300. The molecule has 0 amide bonds. The maximum atomic E-state index is 11.6. The van der Waals surface area contributed by atoms with Gasteiger partial charge in [-0.1, -0.05) is 24.3 Å². The summed E-state index contributed by atoms with van der Waals surface area (Å²) in [6.45, 7) is 0.218. The first-order chi connectivity index (χ1) is 6.38. The number of ether oxygens (including phenoxy) is 2. The first-order valence-corrected chi connectivity index (χ1v) is 4.23. The van der Waals surface area contributed by atoms with Gasteiger partial charge in [0.15, 0.2) is 5.78 Å². The molecule has 1 aromatic carbocycles. The summed E-state index contributed by atoms with van der Waals surface area (Å²) < 4.78 is 10.5. The van der Waals surface area contributed by atoms with Gasteiger partial charge in [0.05, 0.1) is 0 Å². The van der Waals surface area contributed by atoms with Gasteiger partial charge in [0, 0.05) is 0 Å². The molecular weight excluding hydrogens is 168 g/mol. The summed E-state index contributed by atoms with van der Waals surface area (Å²) in [5, 5.41) is 0. The predicted molar refractivity (Wildman–Crippen MR) is 44.0 cm³/mol. The quantitative estimate of drug-likeness (QED) is 0.598. The zero-order chi connectivity index (χ0) is 8.84. The molecule has 1 saturated heterocycles. The minimum atomic E-state index is -0.380. The Labute approximate surface area is 75.3 Å². The average molecular weight is 176 g/mol. The van der Waals surface area contributed by atoms with E-state index in [1.807, 2.05) is 24.3 Å². The zero-order valence-electron chi connectivity index (χ0n) is 6.90. The molecule has 13 heavy (non-hydrogen) atoms. The minimum Gasteiger partial charge on any atom is -0.339 e. The van der Waals surface area contributed by atoms with Crippen LogP contribution in [0.5, 0.6) is 0 Å². The van der Waals surface area contributed by atoms with Crippen LogP contribution in [0.2, 0.25) is 0 Å². The van der Waals surface area contributed by atoms with E-state index >= 15 is 0 Å². The number of Topliss-reactive ketones (excluding diaryl/α,β-unsaturated/α-hetero) is 1. The van der Waals surface area contributed by atoms with E-state index in [1.165, 1.54) is 0 Å². The number of hydrogen-bond donors (Lipinski definition) is 0. The minimum absolute atomic E-state index is 0.0347. The van der Waals surface area contributed by atoms with Crippen LogP contribution in [0.25, 0.3) is 0 Å². The summed E-state index contributed by atoms with van der Waals surface area (Å²) in [6, 6.07) is 7.67. The molecule has 1 aliphatic carbocycles. The number of carbonyl (C=O) groups excluding carboxylic acids is 1. The molecule has 2 bridgehead atoms. The molecule has 0 saturated carbocycles. The SMILES string of the molecule is O=C1C2OCOC1c1ccccc12. The monoisotopic (exact) mass is 176 g/mol. The maximum absolute atomic E-state index is 11.6. The van der Waals surface area contributed by atoms with Gasteiger partial charge in [-0.15, -0.1) is 0 Å².